The molecule has 0 unspecified atom stereocenters. The molecule has 0 radical (unpaired) electrons. The zero-order valence-electron chi connectivity index (χ0n) is 19.9. The molecule has 0 spiro atoms. The molecule has 4 nitrogen and oxygen atoms in total. The maximum Gasteiger partial charge on any atom is 0.266 e. The molecule has 2 heterocycles. The third-order valence-electron chi connectivity index (χ3n) is 6.41. The molecule has 5 rings (SSSR count). The molecule has 7 heteroatoms. The first-order chi connectivity index (χ1) is 17.1. The first kappa shape index (κ1) is 24.3. The second-order valence-corrected chi connectivity index (χ2v) is 11.8. The normalized spacial score (nSPS) is 18.1. The number of thiocarbonyl (C=S) groups is 1. The van der Waals surface area contributed by atoms with Crippen LogP contribution in [0.3, 0.4) is 0 Å². The van der Waals surface area contributed by atoms with Crippen molar-refractivity contribution in [3.8, 4) is 16.9 Å². The van der Waals surface area contributed by atoms with Crippen molar-refractivity contribution in [3.63, 3.8) is 0 Å². The summed E-state index contributed by atoms with van der Waals surface area (Å²) in [5.74, 6) is 1.15. The van der Waals surface area contributed by atoms with Crippen LogP contribution in [0.1, 0.15) is 51.0 Å². The average molecular weight is 520 g/mol. The van der Waals surface area contributed by atoms with E-state index in [-0.39, 0.29) is 11.9 Å². The van der Waals surface area contributed by atoms with Crippen LogP contribution in [0, 0.1) is 0 Å². The summed E-state index contributed by atoms with van der Waals surface area (Å²) in [5.41, 5.74) is 3.81. The molecule has 0 bridgehead atoms. The quantitative estimate of drug-likeness (QED) is 0.183. The van der Waals surface area contributed by atoms with Crippen LogP contribution in [-0.4, -0.2) is 36.7 Å². The first-order valence-electron chi connectivity index (χ1n) is 12.3. The molecule has 1 amide bonds. The maximum absolute atomic E-state index is 13.4. The van der Waals surface area contributed by atoms with Crippen LogP contribution in [0.2, 0.25) is 0 Å². The third kappa shape index (κ3) is 5.42. The number of rotatable bonds is 7. The topological polar surface area (TPSA) is 38.1 Å². The summed E-state index contributed by atoms with van der Waals surface area (Å²) in [6.07, 6.45) is 10.8. The number of hydrogen-bond donors (Lipinski definition) is 0. The minimum Gasteiger partial charge on any atom is -0.290 e. The molecule has 1 saturated heterocycles. The molecule has 2 aliphatic rings. The molecule has 1 aliphatic heterocycles. The summed E-state index contributed by atoms with van der Waals surface area (Å²) in [6, 6.07) is 18.9. The summed E-state index contributed by atoms with van der Waals surface area (Å²) >= 11 is 8.94. The van der Waals surface area contributed by atoms with Gasteiger partial charge in [0.05, 0.1) is 16.3 Å². The Morgan fingerprint density at radius 3 is 2.54 bits per heavy atom. The van der Waals surface area contributed by atoms with Gasteiger partial charge in [0.25, 0.3) is 5.91 Å². The van der Waals surface area contributed by atoms with E-state index in [0.29, 0.717) is 9.23 Å². The van der Waals surface area contributed by atoms with E-state index < -0.39 is 0 Å². The second-order valence-electron chi connectivity index (χ2n) is 8.93. The smallest absolute Gasteiger partial charge is 0.266 e. The monoisotopic (exact) mass is 519 g/mol. The number of aromatic nitrogens is 2. The Kier molecular flexibility index (Phi) is 7.75. The fourth-order valence-corrected chi connectivity index (χ4v) is 6.79. The lowest BCUT2D eigenvalue weighted by atomic mass is 9.94. The number of para-hydroxylation sites is 1. The molecular weight excluding hydrogens is 491 g/mol. The van der Waals surface area contributed by atoms with E-state index in [9.17, 15) is 4.79 Å². The summed E-state index contributed by atoms with van der Waals surface area (Å²) in [5, 5.41) is 4.94. The average Bonchev–Trinajstić information content (AvgIpc) is 3.44. The minimum absolute atomic E-state index is 0.0385. The maximum atomic E-state index is 13.4. The molecule has 3 aromatic rings. The van der Waals surface area contributed by atoms with Gasteiger partial charge in [-0.05, 0) is 55.4 Å². The van der Waals surface area contributed by atoms with Crippen LogP contribution in [0.15, 0.2) is 70.6 Å². The predicted molar refractivity (Wildman–Crippen MR) is 152 cm³/mol. The minimum atomic E-state index is 0.0385. The summed E-state index contributed by atoms with van der Waals surface area (Å²) in [7, 11) is 0. The molecular formula is C28H29N3OS3. The Balaban J connectivity index is 1.50. The Morgan fingerprint density at radius 2 is 1.83 bits per heavy atom. The molecule has 0 atom stereocenters. The highest BCUT2D eigenvalue weighted by Gasteiger charge is 2.37. The fourth-order valence-electron chi connectivity index (χ4n) is 4.63. The molecule has 1 aromatic heterocycles. The number of hydrogen-bond acceptors (Lipinski definition) is 5. The number of benzene rings is 2. The van der Waals surface area contributed by atoms with Gasteiger partial charge < -0.3 is 0 Å². The molecule has 1 aliphatic carbocycles. The second kappa shape index (κ2) is 11.1. The van der Waals surface area contributed by atoms with Crippen molar-refractivity contribution in [3.05, 3.63) is 71.3 Å². The largest absolute Gasteiger partial charge is 0.290 e. The standard InChI is InChI=1S/C28H29N3OS3/c1-2-17-34-24-15-13-20(14-16-24)26-21(19-30(29-26)22-9-5-3-6-10-22)18-25-27(32)31(28(33)35-25)23-11-7-4-8-12-23/h3,5-6,9-10,13-16,18-19,23H,2,4,7-8,11-12,17H2,1H3/b25-18-. The van der Waals surface area contributed by atoms with Crippen molar-refractivity contribution in [1.29, 1.82) is 0 Å². The number of carbonyl (C=O) groups excluding carboxylic acids is 1. The van der Waals surface area contributed by atoms with Crippen LogP contribution in [-0.2, 0) is 4.79 Å². The van der Waals surface area contributed by atoms with Crippen molar-refractivity contribution in [2.45, 2.75) is 56.4 Å². The van der Waals surface area contributed by atoms with Crippen LogP contribution >= 0.6 is 35.7 Å². The zero-order valence-corrected chi connectivity index (χ0v) is 22.3. The lowest BCUT2D eigenvalue weighted by molar-refractivity contribution is -0.124. The van der Waals surface area contributed by atoms with Gasteiger partial charge in [-0.3, -0.25) is 9.69 Å². The molecule has 2 aromatic carbocycles. The van der Waals surface area contributed by atoms with E-state index in [1.165, 1.54) is 35.9 Å². The summed E-state index contributed by atoms with van der Waals surface area (Å²) in [4.78, 5) is 17.2. The van der Waals surface area contributed by atoms with Gasteiger partial charge in [0, 0.05) is 28.3 Å². The van der Waals surface area contributed by atoms with Gasteiger partial charge in [-0.1, -0.05) is 80.5 Å². The number of amides is 1. The Hall–Kier alpha value is -2.35. The van der Waals surface area contributed by atoms with Crippen LogP contribution in [0.4, 0.5) is 0 Å². The van der Waals surface area contributed by atoms with Gasteiger partial charge in [0.15, 0.2) is 0 Å². The van der Waals surface area contributed by atoms with Crippen molar-refractivity contribution < 1.29 is 4.79 Å². The van der Waals surface area contributed by atoms with E-state index in [4.69, 9.17) is 17.3 Å². The number of thioether (sulfide) groups is 2. The van der Waals surface area contributed by atoms with Crippen molar-refractivity contribution in [1.82, 2.24) is 14.7 Å². The van der Waals surface area contributed by atoms with E-state index in [1.54, 1.807) is 0 Å². The summed E-state index contributed by atoms with van der Waals surface area (Å²) < 4.78 is 2.57. The Labute approximate surface area is 221 Å². The van der Waals surface area contributed by atoms with Crippen molar-refractivity contribution in [2.24, 2.45) is 0 Å². The highest BCUT2D eigenvalue weighted by Crippen LogP contribution is 2.38. The lowest BCUT2D eigenvalue weighted by Crippen LogP contribution is -2.39. The van der Waals surface area contributed by atoms with Crippen LogP contribution in [0.25, 0.3) is 23.0 Å². The lowest BCUT2D eigenvalue weighted by Gasteiger charge is -2.29. The van der Waals surface area contributed by atoms with Crippen molar-refractivity contribution >= 4 is 52.0 Å². The molecule has 35 heavy (non-hydrogen) atoms. The molecule has 0 N–H and O–H groups in total. The van der Waals surface area contributed by atoms with Crippen molar-refractivity contribution in [2.75, 3.05) is 5.75 Å². The highest BCUT2D eigenvalue weighted by molar-refractivity contribution is 8.26. The number of nitrogens with zero attached hydrogens (tertiary/aromatic N) is 3. The zero-order chi connectivity index (χ0) is 24.2. The first-order valence-corrected chi connectivity index (χ1v) is 14.5. The van der Waals surface area contributed by atoms with Gasteiger partial charge in [0.1, 0.15) is 4.32 Å². The van der Waals surface area contributed by atoms with E-state index in [2.05, 4.69) is 31.2 Å². The molecule has 180 valence electrons. The predicted octanol–water partition coefficient (Wildman–Crippen LogP) is 7.58. The fraction of sp³-hybridized carbons (Fsp3) is 0.321. The Bertz CT molecular complexity index is 1230. The van der Waals surface area contributed by atoms with Gasteiger partial charge in [-0.25, -0.2) is 4.68 Å². The highest BCUT2D eigenvalue weighted by atomic mass is 32.2. The van der Waals surface area contributed by atoms with E-state index in [1.807, 2.05) is 63.9 Å². The molecule has 1 saturated carbocycles. The van der Waals surface area contributed by atoms with Gasteiger partial charge in [0.2, 0.25) is 0 Å². The van der Waals surface area contributed by atoms with Crippen LogP contribution < -0.4 is 0 Å². The van der Waals surface area contributed by atoms with Gasteiger partial charge in [-0.15, -0.1) is 11.8 Å². The van der Waals surface area contributed by atoms with Crippen LogP contribution in [0.5, 0.6) is 0 Å². The number of carbonyl (C=O) groups is 1. The third-order valence-corrected chi connectivity index (χ3v) is 8.96. The van der Waals surface area contributed by atoms with Gasteiger partial charge in [-0.2, -0.15) is 5.10 Å². The van der Waals surface area contributed by atoms with E-state index in [0.717, 1.165) is 47.5 Å². The van der Waals surface area contributed by atoms with Gasteiger partial charge >= 0.3 is 0 Å². The SMILES string of the molecule is CCCSc1ccc(-c2nn(-c3ccccc3)cc2/C=C2\SC(=S)N(C3CCCCC3)C2=O)cc1. The Morgan fingerprint density at radius 1 is 1.09 bits per heavy atom. The van der Waals surface area contributed by atoms with E-state index >= 15 is 0 Å². The summed E-state index contributed by atoms with van der Waals surface area (Å²) in [6.45, 7) is 2.20. The molecule has 2 fully saturated rings.